The number of nitrogens with zero attached hydrogens (tertiary/aromatic N) is 2. The van der Waals surface area contributed by atoms with Gasteiger partial charge in [0.2, 0.25) is 0 Å². The maximum Gasteiger partial charge on any atom is 0.341 e. The molecule has 7 heteroatoms. The SMILES string of the molecule is COC(=O)c1ccoc1COC(=O)Cc1cnn(-c2ccccc2)c1. The summed E-state index contributed by atoms with van der Waals surface area (Å²) < 4.78 is 16.6. The first-order chi connectivity index (χ1) is 12.2. The molecule has 0 aliphatic carbocycles. The highest BCUT2D eigenvalue weighted by atomic mass is 16.5. The lowest BCUT2D eigenvalue weighted by Crippen LogP contribution is -2.10. The number of rotatable bonds is 6. The number of methoxy groups -OCH3 is 1. The van der Waals surface area contributed by atoms with Gasteiger partial charge >= 0.3 is 11.9 Å². The van der Waals surface area contributed by atoms with Gasteiger partial charge in [-0.25, -0.2) is 9.48 Å². The van der Waals surface area contributed by atoms with Crippen molar-refractivity contribution in [3.05, 3.63) is 71.9 Å². The largest absolute Gasteiger partial charge is 0.465 e. The third-order valence-electron chi connectivity index (χ3n) is 3.52. The van der Waals surface area contributed by atoms with Crippen LogP contribution in [0.25, 0.3) is 5.69 Å². The Bertz CT molecular complexity index is 866. The lowest BCUT2D eigenvalue weighted by Gasteiger charge is -2.03. The predicted molar refractivity (Wildman–Crippen MR) is 87.1 cm³/mol. The highest BCUT2D eigenvalue weighted by Crippen LogP contribution is 2.14. The zero-order chi connectivity index (χ0) is 17.6. The molecule has 0 amide bonds. The van der Waals surface area contributed by atoms with Crippen molar-refractivity contribution in [1.82, 2.24) is 9.78 Å². The molecule has 0 radical (unpaired) electrons. The van der Waals surface area contributed by atoms with Crippen molar-refractivity contribution in [2.24, 2.45) is 0 Å². The normalized spacial score (nSPS) is 10.4. The topological polar surface area (TPSA) is 83.6 Å². The molecule has 0 atom stereocenters. The van der Waals surface area contributed by atoms with Crippen LogP contribution in [0, 0.1) is 0 Å². The van der Waals surface area contributed by atoms with Crippen LogP contribution in [0.2, 0.25) is 0 Å². The van der Waals surface area contributed by atoms with Gasteiger partial charge in [-0.2, -0.15) is 5.10 Å². The van der Waals surface area contributed by atoms with Gasteiger partial charge in [0.15, 0.2) is 5.76 Å². The summed E-state index contributed by atoms with van der Waals surface area (Å²) in [6.07, 6.45) is 4.80. The Kier molecular flexibility index (Phi) is 4.94. The number of hydrogen-bond acceptors (Lipinski definition) is 6. The van der Waals surface area contributed by atoms with Crippen LogP contribution in [0.1, 0.15) is 21.7 Å². The summed E-state index contributed by atoms with van der Waals surface area (Å²) >= 11 is 0. The van der Waals surface area contributed by atoms with E-state index in [2.05, 4.69) is 9.84 Å². The molecule has 0 N–H and O–H groups in total. The second-order valence-corrected chi connectivity index (χ2v) is 5.22. The zero-order valence-corrected chi connectivity index (χ0v) is 13.5. The number of para-hydroxylation sites is 1. The monoisotopic (exact) mass is 340 g/mol. The molecule has 0 spiro atoms. The number of carbonyl (C=O) groups excluding carboxylic acids is 2. The minimum atomic E-state index is -0.538. The van der Waals surface area contributed by atoms with Gasteiger partial charge in [-0.05, 0) is 18.2 Å². The van der Waals surface area contributed by atoms with Crippen molar-refractivity contribution in [3.8, 4) is 5.69 Å². The van der Waals surface area contributed by atoms with Crippen LogP contribution in [0.15, 0.2) is 59.5 Å². The molecule has 0 aliphatic heterocycles. The summed E-state index contributed by atoms with van der Waals surface area (Å²) in [6.45, 7) is -0.136. The molecule has 128 valence electrons. The van der Waals surface area contributed by atoms with Gasteiger partial charge in [0.25, 0.3) is 0 Å². The van der Waals surface area contributed by atoms with Gasteiger partial charge in [0, 0.05) is 11.8 Å². The molecule has 0 saturated heterocycles. The van der Waals surface area contributed by atoms with Crippen molar-refractivity contribution in [1.29, 1.82) is 0 Å². The van der Waals surface area contributed by atoms with Crippen molar-refractivity contribution in [2.45, 2.75) is 13.0 Å². The van der Waals surface area contributed by atoms with E-state index < -0.39 is 11.9 Å². The highest BCUT2D eigenvalue weighted by molar-refractivity contribution is 5.90. The van der Waals surface area contributed by atoms with E-state index in [1.54, 1.807) is 17.1 Å². The fourth-order valence-electron chi connectivity index (χ4n) is 2.28. The van der Waals surface area contributed by atoms with Crippen molar-refractivity contribution in [3.63, 3.8) is 0 Å². The number of esters is 2. The Morgan fingerprint density at radius 1 is 1.20 bits per heavy atom. The van der Waals surface area contributed by atoms with E-state index in [-0.39, 0.29) is 24.4 Å². The van der Waals surface area contributed by atoms with E-state index in [4.69, 9.17) is 9.15 Å². The molecule has 2 aromatic heterocycles. The number of hydrogen-bond donors (Lipinski definition) is 0. The number of furan rings is 1. The fourth-order valence-corrected chi connectivity index (χ4v) is 2.28. The summed E-state index contributed by atoms with van der Waals surface area (Å²) in [4.78, 5) is 23.5. The molecular weight excluding hydrogens is 324 g/mol. The molecule has 3 aromatic rings. The Morgan fingerprint density at radius 3 is 2.76 bits per heavy atom. The predicted octanol–water partition coefficient (Wildman–Crippen LogP) is 2.54. The van der Waals surface area contributed by atoms with E-state index in [9.17, 15) is 9.59 Å². The smallest absolute Gasteiger partial charge is 0.341 e. The molecule has 0 unspecified atom stereocenters. The molecule has 3 rings (SSSR count). The first-order valence-corrected chi connectivity index (χ1v) is 7.56. The average Bonchev–Trinajstić information content (AvgIpc) is 3.29. The van der Waals surface area contributed by atoms with Gasteiger partial charge in [-0.3, -0.25) is 4.79 Å². The lowest BCUT2D eigenvalue weighted by molar-refractivity contribution is -0.144. The number of benzene rings is 1. The Labute approximate surface area is 143 Å². The minimum absolute atomic E-state index is 0.0705. The molecule has 0 aliphatic rings. The van der Waals surface area contributed by atoms with E-state index in [1.807, 2.05) is 30.3 Å². The van der Waals surface area contributed by atoms with Gasteiger partial charge < -0.3 is 13.9 Å². The Balaban J connectivity index is 1.58. The highest BCUT2D eigenvalue weighted by Gasteiger charge is 2.17. The van der Waals surface area contributed by atoms with Gasteiger partial charge in [-0.1, -0.05) is 18.2 Å². The van der Waals surface area contributed by atoms with Gasteiger partial charge in [0.1, 0.15) is 12.2 Å². The summed E-state index contributed by atoms with van der Waals surface area (Å²) in [5.41, 5.74) is 1.87. The van der Waals surface area contributed by atoms with Gasteiger partial charge in [0.05, 0.1) is 31.7 Å². The van der Waals surface area contributed by atoms with Crippen LogP contribution in [0.3, 0.4) is 0 Å². The molecular formula is C18H16N2O5. The molecule has 2 heterocycles. The molecule has 25 heavy (non-hydrogen) atoms. The van der Waals surface area contributed by atoms with Crippen LogP contribution in [0.4, 0.5) is 0 Å². The van der Waals surface area contributed by atoms with E-state index >= 15 is 0 Å². The minimum Gasteiger partial charge on any atom is -0.465 e. The lowest BCUT2D eigenvalue weighted by atomic mass is 10.2. The molecule has 7 nitrogen and oxygen atoms in total. The van der Waals surface area contributed by atoms with E-state index in [1.165, 1.54) is 19.4 Å². The number of aromatic nitrogens is 2. The van der Waals surface area contributed by atoms with Crippen LogP contribution < -0.4 is 0 Å². The summed E-state index contributed by atoms with van der Waals surface area (Å²) in [5.74, 6) is -0.732. The van der Waals surface area contributed by atoms with E-state index in [0.717, 1.165) is 11.3 Å². The Hall–Kier alpha value is -3.35. The molecule has 0 fully saturated rings. The number of ether oxygens (including phenoxy) is 2. The van der Waals surface area contributed by atoms with Crippen LogP contribution in [-0.4, -0.2) is 28.8 Å². The number of carbonyl (C=O) groups is 2. The first kappa shape index (κ1) is 16.5. The molecule has 0 saturated carbocycles. The molecule has 1 aromatic carbocycles. The second kappa shape index (κ2) is 7.48. The maximum absolute atomic E-state index is 12.0. The third kappa shape index (κ3) is 3.95. The van der Waals surface area contributed by atoms with Crippen LogP contribution >= 0.6 is 0 Å². The van der Waals surface area contributed by atoms with Crippen LogP contribution in [-0.2, 0) is 27.3 Å². The Morgan fingerprint density at radius 2 is 2.00 bits per heavy atom. The van der Waals surface area contributed by atoms with E-state index in [0.29, 0.717) is 0 Å². The first-order valence-electron chi connectivity index (χ1n) is 7.56. The standard InChI is InChI=1S/C18H16N2O5/c1-23-18(22)15-7-8-24-16(15)12-25-17(21)9-13-10-19-20(11-13)14-5-3-2-4-6-14/h2-8,10-11H,9,12H2,1H3. The maximum atomic E-state index is 12.0. The third-order valence-corrected chi connectivity index (χ3v) is 3.52. The summed E-state index contributed by atoms with van der Waals surface area (Å²) in [5, 5.41) is 4.23. The quantitative estimate of drug-likeness (QED) is 0.641. The van der Waals surface area contributed by atoms with Crippen LogP contribution in [0.5, 0.6) is 0 Å². The average molecular weight is 340 g/mol. The van der Waals surface area contributed by atoms with Crippen molar-refractivity contribution < 1.29 is 23.5 Å². The van der Waals surface area contributed by atoms with Crippen molar-refractivity contribution >= 4 is 11.9 Å². The summed E-state index contributed by atoms with van der Waals surface area (Å²) in [7, 11) is 1.27. The van der Waals surface area contributed by atoms with Gasteiger partial charge in [-0.15, -0.1) is 0 Å². The van der Waals surface area contributed by atoms with Crippen molar-refractivity contribution in [2.75, 3.05) is 7.11 Å². The zero-order valence-electron chi connectivity index (χ0n) is 13.5. The summed E-state index contributed by atoms with van der Waals surface area (Å²) in [6, 6.07) is 11.0. The second-order valence-electron chi connectivity index (χ2n) is 5.22. The fraction of sp³-hybridized carbons (Fsp3) is 0.167. The molecule has 0 bridgehead atoms.